The largest absolute Gasteiger partial charge is 0.497 e. The van der Waals surface area contributed by atoms with E-state index in [4.69, 9.17) is 20.4 Å². The van der Waals surface area contributed by atoms with Crippen LogP contribution in [0.2, 0.25) is 0 Å². The highest BCUT2D eigenvalue weighted by Gasteiger charge is 2.23. The number of rotatable bonds is 3. The van der Waals surface area contributed by atoms with Crippen LogP contribution in [0.25, 0.3) is 0 Å². The maximum atomic E-state index is 8.89. The van der Waals surface area contributed by atoms with E-state index in [0.29, 0.717) is 18.8 Å². The van der Waals surface area contributed by atoms with E-state index in [2.05, 4.69) is 17.0 Å². The molecule has 104 valence electrons. The molecule has 1 saturated heterocycles. The fourth-order valence-electron chi connectivity index (χ4n) is 2.23. The molecule has 3 N–H and O–H groups in total. The van der Waals surface area contributed by atoms with Gasteiger partial charge in [0.15, 0.2) is 5.84 Å². The van der Waals surface area contributed by atoms with Gasteiger partial charge in [-0.3, -0.25) is 0 Å². The lowest BCUT2D eigenvalue weighted by Gasteiger charge is -2.36. The van der Waals surface area contributed by atoms with Gasteiger partial charge in [0, 0.05) is 24.2 Å². The molecule has 1 aliphatic heterocycles. The van der Waals surface area contributed by atoms with Crippen molar-refractivity contribution in [3.8, 4) is 5.75 Å². The van der Waals surface area contributed by atoms with Gasteiger partial charge in [-0.1, -0.05) is 5.16 Å². The number of anilines is 1. The molecule has 0 spiro atoms. The monoisotopic (exact) mass is 265 g/mol. The number of nitrogens with zero attached hydrogens (tertiary/aromatic N) is 2. The molecule has 2 rings (SSSR count). The molecular weight excluding hydrogens is 246 g/mol. The Hall–Kier alpha value is -1.95. The predicted octanol–water partition coefficient (Wildman–Crippen LogP) is 1.01. The molecule has 1 heterocycles. The van der Waals surface area contributed by atoms with E-state index >= 15 is 0 Å². The first kappa shape index (κ1) is 13.5. The van der Waals surface area contributed by atoms with Crippen molar-refractivity contribution in [1.82, 2.24) is 0 Å². The van der Waals surface area contributed by atoms with Crippen molar-refractivity contribution >= 4 is 11.5 Å². The van der Waals surface area contributed by atoms with Gasteiger partial charge >= 0.3 is 0 Å². The summed E-state index contributed by atoms with van der Waals surface area (Å²) in [6, 6.07) is 5.72. The summed E-state index contributed by atoms with van der Waals surface area (Å²) in [6.45, 7) is 4.17. The van der Waals surface area contributed by atoms with Crippen LogP contribution < -0.4 is 15.4 Å². The van der Waals surface area contributed by atoms with Crippen LogP contribution in [0.1, 0.15) is 12.5 Å². The molecule has 1 fully saturated rings. The molecule has 0 aromatic heterocycles. The summed E-state index contributed by atoms with van der Waals surface area (Å²) < 4.78 is 10.7. The Labute approximate surface area is 112 Å². The number of methoxy groups -OCH3 is 1. The van der Waals surface area contributed by atoms with Gasteiger partial charge in [0.1, 0.15) is 5.75 Å². The first-order valence-electron chi connectivity index (χ1n) is 6.17. The molecule has 1 aromatic rings. The van der Waals surface area contributed by atoms with Crippen molar-refractivity contribution in [2.45, 2.75) is 13.0 Å². The maximum absolute atomic E-state index is 8.89. The smallest absolute Gasteiger partial charge is 0.172 e. The molecule has 0 aliphatic carbocycles. The molecule has 1 aliphatic rings. The lowest BCUT2D eigenvalue weighted by atomic mass is 10.1. The Morgan fingerprint density at radius 1 is 1.58 bits per heavy atom. The third-order valence-corrected chi connectivity index (χ3v) is 3.27. The Morgan fingerprint density at radius 2 is 2.37 bits per heavy atom. The number of oxime groups is 1. The molecule has 0 amide bonds. The van der Waals surface area contributed by atoms with Crippen molar-refractivity contribution < 1.29 is 14.7 Å². The molecule has 6 heteroatoms. The molecule has 19 heavy (non-hydrogen) atoms. The van der Waals surface area contributed by atoms with Crippen molar-refractivity contribution in [1.29, 1.82) is 0 Å². The van der Waals surface area contributed by atoms with Crippen molar-refractivity contribution in [2.75, 3.05) is 31.8 Å². The summed E-state index contributed by atoms with van der Waals surface area (Å²) in [6.07, 6.45) is 0. The van der Waals surface area contributed by atoms with E-state index in [1.807, 2.05) is 6.07 Å². The Bertz CT molecular complexity index is 476. The summed E-state index contributed by atoms with van der Waals surface area (Å²) in [7, 11) is 1.62. The van der Waals surface area contributed by atoms with Gasteiger partial charge < -0.3 is 25.3 Å². The minimum absolute atomic E-state index is 0.0938. The highest BCUT2D eigenvalue weighted by Crippen LogP contribution is 2.28. The fraction of sp³-hybridized carbons (Fsp3) is 0.462. The number of ether oxygens (including phenoxy) is 2. The molecule has 1 atom stereocenters. The Morgan fingerprint density at radius 3 is 3.00 bits per heavy atom. The van der Waals surface area contributed by atoms with Crippen LogP contribution in [0, 0.1) is 0 Å². The average Bonchev–Trinajstić information content (AvgIpc) is 2.46. The van der Waals surface area contributed by atoms with E-state index in [-0.39, 0.29) is 11.9 Å². The first-order chi connectivity index (χ1) is 9.17. The zero-order valence-electron chi connectivity index (χ0n) is 11.2. The zero-order chi connectivity index (χ0) is 13.8. The van der Waals surface area contributed by atoms with Crippen LogP contribution in [-0.2, 0) is 4.74 Å². The van der Waals surface area contributed by atoms with Gasteiger partial charge in [-0.05, 0) is 19.1 Å². The van der Waals surface area contributed by atoms with Gasteiger partial charge in [-0.2, -0.15) is 0 Å². The maximum Gasteiger partial charge on any atom is 0.172 e. The minimum Gasteiger partial charge on any atom is -0.497 e. The van der Waals surface area contributed by atoms with E-state index in [0.717, 1.165) is 18.0 Å². The van der Waals surface area contributed by atoms with Crippen LogP contribution in [0.3, 0.4) is 0 Å². The summed E-state index contributed by atoms with van der Waals surface area (Å²) in [5.74, 6) is 0.833. The second-order valence-electron chi connectivity index (χ2n) is 4.49. The van der Waals surface area contributed by atoms with Gasteiger partial charge in [0.25, 0.3) is 0 Å². The van der Waals surface area contributed by atoms with Gasteiger partial charge in [0.05, 0.1) is 26.0 Å². The van der Waals surface area contributed by atoms with Crippen molar-refractivity contribution in [2.24, 2.45) is 10.9 Å². The van der Waals surface area contributed by atoms with E-state index < -0.39 is 0 Å². The number of amidine groups is 1. The Balaban J connectivity index is 2.45. The van der Waals surface area contributed by atoms with Crippen LogP contribution in [-0.4, -0.2) is 44.0 Å². The topological polar surface area (TPSA) is 80.3 Å². The molecule has 1 unspecified atom stereocenters. The standard InChI is InChI=1S/C13H19N3O3/c1-9-8-19-6-5-16(9)12-7-10(18-2)3-4-11(12)13(14)15-17/h3-4,7,9,17H,5-6,8H2,1-2H3,(H2,14,15). The SMILES string of the molecule is COc1ccc(/C(N)=N/O)c(N2CCOCC2C)c1. The van der Waals surface area contributed by atoms with Gasteiger partial charge in [-0.15, -0.1) is 0 Å². The fourth-order valence-corrected chi connectivity index (χ4v) is 2.23. The number of benzene rings is 1. The normalized spacial score (nSPS) is 20.4. The minimum atomic E-state index is 0.0938. The summed E-state index contributed by atoms with van der Waals surface area (Å²) >= 11 is 0. The Kier molecular flexibility index (Phi) is 4.11. The number of hydrogen-bond donors (Lipinski definition) is 2. The number of hydrogen-bond acceptors (Lipinski definition) is 5. The van der Waals surface area contributed by atoms with Crippen molar-refractivity contribution in [3.63, 3.8) is 0 Å². The highest BCUT2D eigenvalue weighted by atomic mass is 16.5. The van der Waals surface area contributed by atoms with Crippen LogP contribution in [0.15, 0.2) is 23.4 Å². The second kappa shape index (κ2) is 5.79. The third kappa shape index (κ3) is 2.73. The summed E-state index contributed by atoms with van der Waals surface area (Å²) in [5.41, 5.74) is 7.33. The summed E-state index contributed by atoms with van der Waals surface area (Å²) in [5, 5.41) is 12.0. The van der Waals surface area contributed by atoms with Gasteiger partial charge in [-0.25, -0.2) is 0 Å². The van der Waals surface area contributed by atoms with Crippen LogP contribution in [0.5, 0.6) is 5.75 Å². The molecule has 1 aromatic carbocycles. The van der Waals surface area contributed by atoms with E-state index in [9.17, 15) is 0 Å². The van der Waals surface area contributed by atoms with E-state index in [1.165, 1.54) is 0 Å². The lowest BCUT2D eigenvalue weighted by Crippen LogP contribution is -2.44. The van der Waals surface area contributed by atoms with Gasteiger partial charge in [0.2, 0.25) is 0 Å². The second-order valence-corrected chi connectivity index (χ2v) is 4.49. The highest BCUT2D eigenvalue weighted by molar-refractivity contribution is 6.02. The molecule has 0 radical (unpaired) electrons. The molecule has 0 bridgehead atoms. The van der Waals surface area contributed by atoms with Crippen molar-refractivity contribution in [3.05, 3.63) is 23.8 Å². The average molecular weight is 265 g/mol. The predicted molar refractivity (Wildman–Crippen MR) is 73.1 cm³/mol. The quantitative estimate of drug-likeness (QED) is 0.369. The van der Waals surface area contributed by atoms with Crippen LogP contribution >= 0.6 is 0 Å². The summed E-state index contributed by atoms with van der Waals surface area (Å²) in [4.78, 5) is 2.18. The number of nitrogens with two attached hydrogens (primary N) is 1. The first-order valence-corrected chi connectivity index (χ1v) is 6.17. The molecule has 0 saturated carbocycles. The van der Waals surface area contributed by atoms with Crippen LogP contribution in [0.4, 0.5) is 5.69 Å². The van der Waals surface area contributed by atoms with E-state index in [1.54, 1.807) is 19.2 Å². The zero-order valence-corrected chi connectivity index (χ0v) is 11.2. The molecule has 6 nitrogen and oxygen atoms in total. The lowest BCUT2D eigenvalue weighted by molar-refractivity contribution is 0.0989. The molecular formula is C13H19N3O3. The number of morpholine rings is 1. The third-order valence-electron chi connectivity index (χ3n) is 3.27.